The lowest BCUT2D eigenvalue weighted by Crippen LogP contribution is -2.41. The van der Waals surface area contributed by atoms with Crippen LogP contribution in [0.4, 0.5) is 0 Å². The maximum atomic E-state index is 12.1. The van der Waals surface area contributed by atoms with E-state index in [-0.39, 0.29) is 5.78 Å². The van der Waals surface area contributed by atoms with Crippen molar-refractivity contribution in [3.8, 4) is 0 Å². The van der Waals surface area contributed by atoms with Gasteiger partial charge in [0.25, 0.3) is 0 Å². The SMILES string of the molecule is Cc1ccc(C(=O)CN2CCC(N)CC2)cc1Cl. The average Bonchev–Trinajstić information content (AvgIpc) is 2.35. The van der Waals surface area contributed by atoms with Crippen molar-refractivity contribution in [2.24, 2.45) is 5.73 Å². The predicted molar refractivity (Wildman–Crippen MR) is 74.2 cm³/mol. The fraction of sp³-hybridized carbons (Fsp3) is 0.500. The van der Waals surface area contributed by atoms with Crippen molar-refractivity contribution in [1.29, 1.82) is 0 Å². The molecule has 4 heteroatoms. The highest BCUT2D eigenvalue weighted by Gasteiger charge is 2.19. The van der Waals surface area contributed by atoms with Crippen molar-refractivity contribution >= 4 is 17.4 Å². The fourth-order valence-corrected chi connectivity index (χ4v) is 2.35. The lowest BCUT2D eigenvalue weighted by molar-refractivity contribution is 0.0910. The Balaban J connectivity index is 1.97. The fourth-order valence-electron chi connectivity index (χ4n) is 2.17. The maximum Gasteiger partial charge on any atom is 0.176 e. The van der Waals surface area contributed by atoms with Crippen LogP contribution in [0.2, 0.25) is 5.02 Å². The summed E-state index contributed by atoms with van der Waals surface area (Å²) in [4.78, 5) is 14.3. The molecule has 0 spiro atoms. The zero-order valence-corrected chi connectivity index (χ0v) is 11.4. The lowest BCUT2D eigenvalue weighted by Gasteiger charge is -2.29. The summed E-state index contributed by atoms with van der Waals surface area (Å²) in [5.41, 5.74) is 7.54. The number of benzene rings is 1. The summed E-state index contributed by atoms with van der Waals surface area (Å²) in [6.45, 7) is 4.22. The van der Waals surface area contributed by atoms with Gasteiger partial charge in [0.15, 0.2) is 5.78 Å². The third-order valence-corrected chi connectivity index (χ3v) is 3.90. The maximum absolute atomic E-state index is 12.1. The minimum absolute atomic E-state index is 0.132. The van der Waals surface area contributed by atoms with E-state index in [2.05, 4.69) is 4.90 Å². The van der Waals surface area contributed by atoms with Gasteiger partial charge in [-0.05, 0) is 31.4 Å². The van der Waals surface area contributed by atoms with E-state index in [1.165, 1.54) is 0 Å². The summed E-state index contributed by atoms with van der Waals surface area (Å²) < 4.78 is 0. The van der Waals surface area contributed by atoms with E-state index >= 15 is 0 Å². The molecular formula is C14H19ClN2O. The lowest BCUT2D eigenvalue weighted by atomic mass is 10.0. The molecule has 1 heterocycles. The van der Waals surface area contributed by atoms with Crippen molar-refractivity contribution in [3.63, 3.8) is 0 Å². The minimum atomic E-state index is 0.132. The van der Waals surface area contributed by atoms with Gasteiger partial charge < -0.3 is 5.73 Å². The molecule has 2 N–H and O–H groups in total. The van der Waals surface area contributed by atoms with Gasteiger partial charge in [0.2, 0.25) is 0 Å². The van der Waals surface area contributed by atoms with Gasteiger partial charge in [-0.2, -0.15) is 0 Å². The Hall–Kier alpha value is -0.900. The van der Waals surface area contributed by atoms with E-state index in [0.717, 1.165) is 31.5 Å². The Kier molecular flexibility index (Phi) is 4.38. The second kappa shape index (κ2) is 5.83. The third-order valence-electron chi connectivity index (χ3n) is 3.49. The van der Waals surface area contributed by atoms with Crippen molar-refractivity contribution in [2.45, 2.75) is 25.8 Å². The second-order valence-corrected chi connectivity index (χ2v) is 5.41. The number of aryl methyl sites for hydroxylation is 1. The molecule has 2 rings (SSSR count). The van der Waals surface area contributed by atoms with E-state index in [9.17, 15) is 4.79 Å². The van der Waals surface area contributed by atoms with Crippen LogP contribution in [0.25, 0.3) is 0 Å². The van der Waals surface area contributed by atoms with Crippen molar-refractivity contribution in [3.05, 3.63) is 34.3 Å². The minimum Gasteiger partial charge on any atom is -0.328 e. The van der Waals surface area contributed by atoms with Gasteiger partial charge >= 0.3 is 0 Å². The van der Waals surface area contributed by atoms with E-state index in [0.29, 0.717) is 23.2 Å². The monoisotopic (exact) mass is 266 g/mol. The molecule has 1 aromatic rings. The number of carbonyl (C=O) groups is 1. The summed E-state index contributed by atoms with van der Waals surface area (Å²) in [5, 5.41) is 0.654. The highest BCUT2D eigenvalue weighted by molar-refractivity contribution is 6.31. The second-order valence-electron chi connectivity index (χ2n) is 5.00. The molecular weight excluding hydrogens is 248 g/mol. The highest BCUT2D eigenvalue weighted by Crippen LogP contribution is 2.17. The first-order chi connectivity index (χ1) is 8.56. The zero-order valence-electron chi connectivity index (χ0n) is 10.7. The molecule has 0 bridgehead atoms. The van der Waals surface area contributed by atoms with Crippen LogP contribution >= 0.6 is 11.6 Å². The van der Waals surface area contributed by atoms with Gasteiger partial charge in [-0.1, -0.05) is 23.7 Å². The van der Waals surface area contributed by atoms with Gasteiger partial charge in [-0.3, -0.25) is 9.69 Å². The van der Waals surface area contributed by atoms with Crippen LogP contribution in [0.5, 0.6) is 0 Å². The van der Waals surface area contributed by atoms with Crippen LogP contribution in [0.15, 0.2) is 18.2 Å². The number of carbonyl (C=O) groups excluding carboxylic acids is 1. The third kappa shape index (κ3) is 3.31. The molecule has 1 saturated heterocycles. The number of hydrogen-bond acceptors (Lipinski definition) is 3. The van der Waals surface area contributed by atoms with Gasteiger partial charge in [0, 0.05) is 29.7 Å². The van der Waals surface area contributed by atoms with Crippen LogP contribution < -0.4 is 5.73 Å². The van der Waals surface area contributed by atoms with Gasteiger partial charge in [0.05, 0.1) is 6.54 Å². The summed E-state index contributed by atoms with van der Waals surface area (Å²) >= 11 is 6.04. The van der Waals surface area contributed by atoms with Crippen molar-refractivity contribution in [2.75, 3.05) is 19.6 Å². The van der Waals surface area contributed by atoms with E-state index in [4.69, 9.17) is 17.3 Å². The summed E-state index contributed by atoms with van der Waals surface area (Å²) in [6.07, 6.45) is 1.95. The summed E-state index contributed by atoms with van der Waals surface area (Å²) in [5.74, 6) is 0.132. The smallest absolute Gasteiger partial charge is 0.176 e. The molecule has 0 unspecified atom stereocenters. The van der Waals surface area contributed by atoms with Gasteiger partial charge in [0.1, 0.15) is 0 Å². The largest absolute Gasteiger partial charge is 0.328 e. The van der Waals surface area contributed by atoms with Gasteiger partial charge in [-0.15, -0.1) is 0 Å². The molecule has 0 aliphatic carbocycles. The molecule has 3 nitrogen and oxygen atoms in total. The number of halogens is 1. The Labute approximate surface area is 113 Å². The van der Waals surface area contributed by atoms with Crippen LogP contribution in [-0.2, 0) is 0 Å². The number of piperidine rings is 1. The molecule has 0 radical (unpaired) electrons. The van der Waals surface area contributed by atoms with Crippen molar-refractivity contribution in [1.82, 2.24) is 4.90 Å². The molecule has 18 heavy (non-hydrogen) atoms. The Bertz CT molecular complexity index is 439. The molecule has 0 amide bonds. The highest BCUT2D eigenvalue weighted by atomic mass is 35.5. The standard InChI is InChI=1S/C14H19ClN2O/c1-10-2-3-11(8-13(10)15)14(18)9-17-6-4-12(16)5-7-17/h2-3,8,12H,4-7,9,16H2,1H3. The Morgan fingerprint density at radius 2 is 2.11 bits per heavy atom. The number of ketones is 1. The van der Waals surface area contributed by atoms with E-state index in [1.54, 1.807) is 6.07 Å². The van der Waals surface area contributed by atoms with Crippen LogP contribution in [0.1, 0.15) is 28.8 Å². The summed E-state index contributed by atoms with van der Waals surface area (Å²) in [6, 6.07) is 5.79. The first-order valence-electron chi connectivity index (χ1n) is 6.33. The zero-order chi connectivity index (χ0) is 13.1. The van der Waals surface area contributed by atoms with Gasteiger partial charge in [-0.25, -0.2) is 0 Å². The number of nitrogens with two attached hydrogens (primary N) is 1. The molecule has 1 aromatic carbocycles. The average molecular weight is 267 g/mol. The predicted octanol–water partition coefficient (Wildman–Crippen LogP) is 2.25. The molecule has 0 saturated carbocycles. The number of likely N-dealkylation sites (tertiary alicyclic amines) is 1. The molecule has 1 aliphatic heterocycles. The number of rotatable bonds is 3. The van der Waals surface area contributed by atoms with Crippen molar-refractivity contribution < 1.29 is 4.79 Å². The van der Waals surface area contributed by atoms with Crippen LogP contribution in [0.3, 0.4) is 0 Å². The summed E-state index contributed by atoms with van der Waals surface area (Å²) in [7, 11) is 0. The quantitative estimate of drug-likeness (QED) is 0.854. The van der Waals surface area contributed by atoms with Crippen LogP contribution in [0, 0.1) is 6.92 Å². The molecule has 1 fully saturated rings. The molecule has 0 aromatic heterocycles. The Morgan fingerprint density at radius 3 is 2.72 bits per heavy atom. The molecule has 98 valence electrons. The Morgan fingerprint density at radius 1 is 1.44 bits per heavy atom. The van der Waals surface area contributed by atoms with E-state index in [1.807, 2.05) is 19.1 Å². The van der Waals surface area contributed by atoms with Crippen LogP contribution in [-0.4, -0.2) is 36.4 Å². The van der Waals surface area contributed by atoms with E-state index < -0.39 is 0 Å². The number of Topliss-reactive ketones (excluding diaryl/α,β-unsaturated/α-hetero) is 1. The number of nitrogens with zero attached hydrogens (tertiary/aromatic N) is 1. The first-order valence-corrected chi connectivity index (χ1v) is 6.71. The molecule has 0 atom stereocenters. The topological polar surface area (TPSA) is 46.3 Å². The number of hydrogen-bond donors (Lipinski definition) is 1. The normalized spacial score (nSPS) is 17.9. The first kappa shape index (κ1) is 13.5. The molecule has 1 aliphatic rings.